The van der Waals surface area contributed by atoms with Gasteiger partial charge in [0.15, 0.2) is 5.78 Å². The molecule has 1 heteroatoms. The van der Waals surface area contributed by atoms with Crippen molar-refractivity contribution in [3.8, 4) is 0 Å². The number of carbonyl (C=O) groups excluding carboxylic acids is 1. The Bertz CT molecular complexity index is 443. The lowest BCUT2D eigenvalue weighted by Crippen LogP contribution is -1.90. The molecule has 1 aromatic carbocycles. The monoisotopic (exact) mass is 228 g/mol. The Hall–Kier alpha value is -1.63. The van der Waals surface area contributed by atoms with Crippen LogP contribution in [-0.2, 0) is 11.2 Å². The number of rotatable bonds is 4. The Kier molecular flexibility index (Phi) is 4.89. The molecule has 0 bridgehead atoms. The van der Waals surface area contributed by atoms with Crippen LogP contribution in [0.4, 0.5) is 0 Å². The average molecular weight is 228 g/mol. The van der Waals surface area contributed by atoms with Gasteiger partial charge in [-0.2, -0.15) is 0 Å². The van der Waals surface area contributed by atoms with E-state index in [2.05, 4.69) is 31.2 Å². The van der Waals surface area contributed by atoms with Gasteiger partial charge in [0.2, 0.25) is 0 Å². The molecule has 0 aliphatic rings. The van der Waals surface area contributed by atoms with Crippen molar-refractivity contribution in [3.05, 3.63) is 53.1 Å². The van der Waals surface area contributed by atoms with E-state index in [1.807, 2.05) is 20.8 Å². The van der Waals surface area contributed by atoms with Crippen LogP contribution in [0.3, 0.4) is 0 Å². The van der Waals surface area contributed by atoms with E-state index in [4.69, 9.17) is 0 Å². The van der Waals surface area contributed by atoms with Gasteiger partial charge in [-0.25, -0.2) is 0 Å². The van der Waals surface area contributed by atoms with Gasteiger partial charge in [0.05, 0.1) is 0 Å². The van der Waals surface area contributed by atoms with Crippen LogP contribution in [0.5, 0.6) is 0 Å². The summed E-state index contributed by atoms with van der Waals surface area (Å²) in [7, 11) is 0. The molecule has 0 atom stereocenters. The summed E-state index contributed by atoms with van der Waals surface area (Å²) in [6, 6.07) is 8.36. The molecule has 0 spiro atoms. The Morgan fingerprint density at radius 1 is 1.06 bits per heavy atom. The minimum atomic E-state index is 0.0575. The normalized spacial score (nSPS) is 11.2. The van der Waals surface area contributed by atoms with Crippen LogP contribution in [-0.4, -0.2) is 5.78 Å². The number of hydrogen-bond donors (Lipinski definition) is 0. The zero-order valence-electron chi connectivity index (χ0n) is 11.1. The highest BCUT2D eigenvalue weighted by molar-refractivity contribution is 6.04. The fourth-order valence-corrected chi connectivity index (χ4v) is 1.63. The molecule has 1 aromatic rings. The number of hydrogen-bond acceptors (Lipinski definition) is 1. The standard InChI is InChI=1S/C16H20O/c1-5-14-6-8-15(9-7-14)13(4)11-16(17)10-12(2)3/h6-11H,5H2,1-4H3. The summed E-state index contributed by atoms with van der Waals surface area (Å²) in [6.45, 7) is 7.96. The minimum absolute atomic E-state index is 0.0575. The van der Waals surface area contributed by atoms with Crippen molar-refractivity contribution in [1.29, 1.82) is 0 Å². The SMILES string of the molecule is CCc1ccc(C(C)=CC(=O)C=C(C)C)cc1. The molecule has 0 N–H and O–H groups in total. The zero-order chi connectivity index (χ0) is 12.8. The van der Waals surface area contributed by atoms with Gasteiger partial charge >= 0.3 is 0 Å². The maximum absolute atomic E-state index is 11.6. The second-order valence-corrected chi connectivity index (χ2v) is 4.50. The molecule has 0 amide bonds. The van der Waals surface area contributed by atoms with Gasteiger partial charge in [0, 0.05) is 0 Å². The van der Waals surface area contributed by atoms with Crippen LogP contribution in [0.25, 0.3) is 5.57 Å². The lowest BCUT2D eigenvalue weighted by molar-refractivity contribution is -0.110. The summed E-state index contributed by atoms with van der Waals surface area (Å²) in [5.74, 6) is 0.0575. The molecular weight excluding hydrogens is 208 g/mol. The van der Waals surface area contributed by atoms with E-state index >= 15 is 0 Å². The van der Waals surface area contributed by atoms with Gasteiger partial charge in [-0.05, 0) is 56.0 Å². The second-order valence-electron chi connectivity index (χ2n) is 4.50. The van der Waals surface area contributed by atoms with Crippen molar-refractivity contribution in [2.45, 2.75) is 34.1 Å². The van der Waals surface area contributed by atoms with E-state index in [-0.39, 0.29) is 5.78 Å². The highest BCUT2D eigenvalue weighted by Crippen LogP contribution is 2.15. The first-order chi connectivity index (χ1) is 8.02. The van der Waals surface area contributed by atoms with Crippen molar-refractivity contribution < 1.29 is 4.79 Å². The van der Waals surface area contributed by atoms with Crippen LogP contribution in [0, 0.1) is 0 Å². The molecule has 90 valence electrons. The highest BCUT2D eigenvalue weighted by atomic mass is 16.1. The van der Waals surface area contributed by atoms with Crippen molar-refractivity contribution in [2.75, 3.05) is 0 Å². The van der Waals surface area contributed by atoms with Crippen molar-refractivity contribution in [1.82, 2.24) is 0 Å². The van der Waals surface area contributed by atoms with E-state index < -0.39 is 0 Å². The topological polar surface area (TPSA) is 17.1 Å². The van der Waals surface area contributed by atoms with Gasteiger partial charge in [-0.15, -0.1) is 0 Å². The summed E-state index contributed by atoms with van der Waals surface area (Å²) >= 11 is 0. The fourth-order valence-electron chi connectivity index (χ4n) is 1.63. The van der Waals surface area contributed by atoms with Crippen LogP contribution in [0.15, 0.2) is 42.0 Å². The van der Waals surface area contributed by atoms with E-state index in [0.717, 1.165) is 23.1 Å². The van der Waals surface area contributed by atoms with Crippen molar-refractivity contribution in [2.24, 2.45) is 0 Å². The predicted octanol–water partition coefficient (Wildman–Crippen LogP) is 4.19. The summed E-state index contributed by atoms with van der Waals surface area (Å²) in [4.78, 5) is 11.6. The van der Waals surface area contributed by atoms with Gasteiger partial charge in [-0.1, -0.05) is 36.8 Å². The summed E-state index contributed by atoms with van der Waals surface area (Å²) in [6.07, 6.45) is 4.39. The highest BCUT2D eigenvalue weighted by Gasteiger charge is 1.99. The molecule has 0 radical (unpaired) electrons. The van der Waals surface area contributed by atoms with E-state index in [9.17, 15) is 4.79 Å². The third kappa shape index (κ3) is 4.39. The number of allylic oxidation sites excluding steroid dienone is 4. The van der Waals surface area contributed by atoms with E-state index in [1.165, 1.54) is 5.56 Å². The molecule has 0 unspecified atom stereocenters. The summed E-state index contributed by atoms with van der Waals surface area (Å²) in [5, 5.41) is 0. The second kappa shape index (κ2) is 6.19. The van der Waals surface area contributed by atoms with Crippen LogP contribution >= 0.6 is 0 Å². The van der Waals surface area contributed by atoms with Gasteiger partial charge in [0.1, 0.15) is 0 Å². The fraction of sp³-hybridized carbons (Fsp3) is 0.312. The molecule has 0 aliphatic carbocycles. The molecule has 1 nitrogen and oxygen atoms in total. The minimum Gasteiger partial charge on any atom is -0.290 e. The summed E-state index contributed by atoms with van der Waals surface area (Å²) < 4.78 is 0. The third-order valence-electron chi connectivity index (χ3n) is 2.61. The summed E-state index contributed by atoms with van der Waals surface area (Å²) in [5.41, 5.74) is 4.46. The number of ketones is 1. The first kappa shape index (κ1) is 13.4. The zero-order valence-corrected chi connectivity index (χ0v) is 11.1. The van der Waals surface area contributed by atoms with Gasteiger partial charge in [0.25, 0.3) is 0 Å². The molecular formula is C16H20O. The molecule has 0 saturated carbocycles. The average Bonchev–Trinajstić information content (AvgIpc) is 2.28. The van der Waals surface area contributed by atoms with Crippen molar-refractivity contribution in [3.63, 3.8) is 0 Å². The molecule has 0 aromatic heterocycles. The molecule has 0 fully saturated rings. The number of aryl methyl sites for hydroxylation is 1. The molecule has 17 heavy (non-hydrogen) atoms. The Balaban J connectivity index is 2.88. The number of carbonyl (C=O) groups is 1. The van der Waals surface area contributed by atoms with Gasteiger partial charge < -0.3 is 0 Å². The molecule has 0 saturated heterocycles. The van der Waals surface area contributed by atoms with Crippen LogP contribution < -0.4 is 0 Å². The Morgan fingerprint density at radius 3 is 2.12 bits per heavy atom. The third-order valence-corrected chi connectivity index (χ3v) is 2.61. The van der Waals surface area contributed by atoms with E-state index in [1.54, 1.807) is 12.2 Å². The maximum Gasteiger partial charge on any atom is 0.178 e. The van der Waals surface area contributed by atoms with Crippen LogP contribution in [0.1, 0.15) is 38.8 Å². The van der Waals surface area contributed by atoms with Crippen molar-refractivity contribution >= 4 is 11.4 Å². The molecule has 0 heterocycles. The quantitative estimate of drug-likeness (QED) is 0.706. The predicted molar refractivity (Wildman–Crippen MR) is 73.9 cm³/mol. The van der Waals surface area contributed by atoms with Crippen LogP contribution in [0.2, 0.25) is 0 Å². The molecule has 0 aliphatic heterocycles. The first-order valence-electron chi connectivity index (χ1n) is 5.99. The molecule has 1 rings (SSSR count). The Labute approximate surface area is 104 Å². The lowest BCUT2D eigenvalue weighted by Gasteiger charge is -2.02. The largest absolute Gasteiger partial charge is 0.290 e. The van der Waals surface area contributed by atoms with E-state index in [0.29, 0.717) is 0 Å². The first-order valence-corrected chi connectivity index (χ1v) is 5.99. The van der Waals surface area contributed by atoms with Gasteiger partial charge in [-0.3, -0.25) is 4.79 Å². The smallest absolute Gasteiger partial charge is 0.178 e. The maximum atomic E-state index is 11.6. The lowest BCUT2D eigenvalue weighted by atomic mass is 10.0. The Morgan fingerprint density at radius 2 is 1.65 bits per heavy atom. The number of benzene rings is 1.